The smallest absolute Gasteiger partial charge is 0.423 e. The Labute approximate surface area is 126 Å². The summed E-state index contributed by atoms with van der Waals surface area (Å²) in [5, 5.41) is 10.3. The molecule has 0 bridgehead atoms. The molecule has 3 rings (SSSR count). The Balaban J connectivity index is 1.78. The summed E-state index contributed by atoms with van der Waals surface area (Å²) in [7, 11) is -0.949. The summed E-state index contributed by atoms with van der Waals surface area (Å²) >= 11 is 0. The van der Waals surface area contributed by atoms with Gasteiger partial charge in [-0.3, -0.25) is 4.79 Å². The number of carbonyl (C=O) groups excluding carboxylic acids is 1. The molecule has 1 heterocycles. The number of carbonyl (C=O) groups is 1. The molecule has 2 aliphatic rings. The van der Waals surface area contributed by atoms with E-state index in [1.165, 1.54) is 0 Å². The van der Waals surface area contributed by atoms with E-state index in [4.69, 9.17) is 4.65 Å². The predicted octanol–water partition coefficient (Wildman–Crippen LogP) is 1.70. The van der Waals surface area contributed by atoms with Crippen molar-refractivity contribution < 1.29 is 14.5 Å². The van der Waals surface area contributed by atoms with Gasteiger partial charge in [0.2, 0.25) is 0 Å². The summed E-state index contributed by atoms with van der Waals surface area (Å²) in [6, 6.07) is 5.95. The van der Waals surface area contributed by atoms with Crippen LogP contribution in [0.4, 0.5) is 0 Å². The van der Waals surface area contributed by atoms with E-state index >= 15 is 0 Å². The third-order valence-corrected chi connectivity index (χ3v) is 4.52. The molecule has 0 atom stereocenters. The second-order valence-electron chi connectivity index (χ2n) is 6.66. The molecule has 1 N–H and O–H groups in total. The van der Waals surface area contributed by atoms with Crippen molar-refractivity contribution in [1.82, 2.24) is 4.90 Å². The molecule has 4 nitrogen and oxygen atoms in total. The number of hydrogen-bond donors (Lipinski definition) is 1. The molecular formula is C16H22BNO3. The highest BCUT2D eigenvalue weighted by atomic mass is 16.5. The molecule has 1 saturated carbocycles. The van der Waals surface area contributed by atoms with Crippen molar-refractivity contribution in [1.29, 1.82) is 0 Å². The fourth-order valence-corrected chi connectivity index (χ4v) is 2.65. The summed E-state index contributed by atoms with van der Waals surface area (Å²) < 4.78 is 5.70. The quantitative estimate of drug-likeness (QED) is 0.839. The average molecular weight is 287 g/mol. The third-order valence-electron chi connectivity index (χ3n) is 4.52. The first-order valence-corrected chi connectivity index (χ1v) is 7.71. The van der Waals surface area contributed by atoms with Gasteiger partial charge in [0.15, 0.2) is 0 Å². The number of benzene rings is 1. The molecule has 0 saturated heterocycles. The van der Waals surface area contributed by atoms with E-state index < -0.39 is 7.12 Å². The van der Waals surface area contributed by atoms with Crippen LogP contribution in [0, 0.1) is 0 Å². The zero-order valence-electron chi connectivity index (χ0n) is 12.9. The fraction of sp³-hybridized carbons (Fsp3) is 0.562. The van der Waals surface area contributed by atoms with Gasteiger partial charge in [-0.2, -0.15) is 0 Å². The van der Waals surface area contributed by atoms with E-state index in [1.54, 1.807) is 6.07 Å². The summed E-state index contributed by atoms with van der Waals surface area (Å²) in [5.41, 5.74) is 2.13. The van der Waals surface area contributed by atoms with Crippen LogP contribution in [0.25, 0.3) is 0 Å². The predicted molar refractivity (Wildman–Crippen MR) is 82.4 cm³/mol. The maximum atomic E-state index is 12.3. The first kappa shape index (κ1) is 14.6. The minimum atomic E-state index is -0.949. The first-order valence-electron chi connectivity index (χ1n) is 7.71. The van der Waals surface area contributed by atoms with Gasteiger partial charge in [-0.15, -0.1) is 0 Å². The van der Waals surface area contributed by atoms with Crippen molar-refractivity contribution in [3.05, 3.63) is 29.3 Å². The topological polar surface area (TPSA) is 49.8 Å². The van der Waals surface area contributed by atoms with E-state index in [9.17, 15) is 9.82 Å². The normalized spacial score (nSPS) is 18.1. The summed E-state index contributed by atoms with van der Waals surface area (Å²) in [6.45, 7) is 6.61. The second-order valence-corrected chi connectivity index (χ2v) is 6.66. The Morgan fingerprint density at radius 3 is 2.76 bits per heavy atom. The van der Waals surface area contributed by atoms with Gasteiger partial charge in [0.1, 0.15) is 0 Å². The summed E-state index contributed by atoms with van der Waals surface area (Å²) in [6.07, 6.45) is 3.05. The lowest BCUT2D eigenvalue weighted by atomic mass is 9.77. The molecule has 1 aliphatic heterocycles. The lowest BCUT2D eigenvalue weighted by Crippen LogP contribution is -2.41. The van der Waals surface area contributed by atoms with Crippen LogP contribution in [0.5, 0.6) is 0 Å². The number of fused-ring (bicyclic) bond motifs is 1. The van der Waals surface area contributed by atoms with E-state index in [1.807, 2.05) is 37.8 Å². The highest BCUT2D eigenvalue weighted by Gasteiger charge is 2.38. The molecule has 112 valence electrons. The fourth-order valence-electron chi connectivity index (χ4n) is 2.65. The molecular weight excluding hydrogens is 265 g/mol. The van der Waals surface area contributed by atoms with Gasteiger partial charge in [-0.1, -0.05) is 19.1 Å². The van der Waals surface area contributed by atoms with Crippen molar-refractivity contribution >= 4 is 18.5 Å². The van der Waals surface area contributed by atoms with E-state index in [2.05, 4.69) is 0 Å². The molecule has 1 aromatic carbocycles. The maximum absolute atomic E-state index is 12.3. The van der Waals surface area contributed by atoms with Crippen molar-refractivity contribution in [2.75, 3.05) is 0 Å². The number of hydrogen-bond acceptors (Lipinski definition) is 3. The number of amides is 1. The molecule has 1 amide bonds. The van der Waals surface area contributed by atoms with Gasteiger partial charge < -0.3 is 14.6 Å². The zero-order valence-corrected chi connectivity index (χ0v) is 12.9. The molecule has 0 unspecified atom stereocenters. The van der Waals surface area contributed by atoms with Gasteiger partial charge >= 0.3 is 7.12 Å². The van der Waals surface area contributed by atoms with Gasteiger partial charge in [0.25, 0.3) is 5.91 Å². The zero-order chi connectivity index (χ0) is 15.2. The van der Waals surface area contributed by atoms with E-state index in [0.717, 1.165) is 35.9 Å². The summed E-state index contributed by atoms with van der Waals surface area (Å²) in [4.78, 5) is 14.2. The molecule has 1 aromatic rings. The first-order chi connectivity index (χ1) is 9.91. The Hall–Kier alpha value is -1.33. The molecule has 1 fully saturated rings. The van der Waals surface area contributed by atoms with Crippen LogP contribution < -0.4 is 5.46 Å². The van der Waals surface area contributed by atoms with Gasteiger partial charge in [-0.25, -0.2) is 0 Å². The van der Waals surface area contributed by atoms with Crippen LogP contribution in [0.15, 0.2) is 18.2 Å². The van der Waals surface area contributed by atoms with Gasteiger partial charge in [0, 0.05) is 23.8 Å². The van der Waals surface area contributed by atoms with E-state index in [-0.39, 0.29) is 11.5 Å². The van der Waals surface area contributed by atoms with Crippen LogP contribution in [0.3, 0.4) is 0 Å². The molecule has 0 aromatic heterocycles. The third kappa shape index (κ3) is 2.85. The molecule has 21 heavy (non-hydrogen) atoms. The number of rotatable bonds is 5. The Morgan fingerprint density at radius 1 is 1.43 bits per heavy atom. The molecule has 1 aliphatic carbocycles. The highest BCUT2D eigenvalue weighted by Crippen LogP contribution is 2.34. The van der Waals surface area contributed by atoms with Crippen LogP contribution in [-0.2, 0) is 11.2 Å². The second kappa shape index (κ2) is 5.14. The monoisotopic (exact) mass is 287 g/mol. The van der Waals surface area contributed by atoms with Crippen molar-refractivity contribution in [2.45, 2.75) is 58.2 Å². The largest absolute Gasteiger partial charge is 0.491 e. The average Bonchev–Trinajstić information content (AvgIpc) is 3.23. The minimum Gasteiger partial charge on any atom is -0.423 e. The van der Waals surface area contributed by atoms with Gasteiger partial charge in [-0.05, 0) is 50.2 Å². The highest BCUT2D eigenvalue weighted by molar-refractivity contribution is 6.60. The standard InChI is InChI=1S/C16H22BNO3/c1-4-16(2,3)21-17(20)12-5-8-14-11(9-12)10-18(15(14)19)13-6-7-13/h5,8-9,13,20H,4,6-7,10H2,1-3H3. The van der Waals surface area contributed by atoms with Crippen molar-refractivity contribution in [2.24, 2.45) is 0 Å². The summed E-state index contributed by atoms with van der Waals surface area (Å²) in [5.74, 6) is 0.128. The minimum absolute atomic E-state index is 0.128. The Kier molecular flexibility index (Phi) is 3.58. The lowest BCUT2D eigenvalue weighted by molar-refractivity contribution is 0.0766. The van der Waals surface area contributed by atoms with Crippen molar-refractivity contribution in [3.8, 4) is 0 Å². The van der Waals surface area contributed by atoms with Crippen LogP contribution in [0.1, 0.15) is 56.0 Å². The lowest BCUT2D eigenvalue weighted by Gasteiger charge is -2.26. The van der Waals surface area contributed by atoms with Crippen LogP contribution >= 0.6 is 0 Å². The SMILES string of the molecule is CCC(C)(C)OB(O)c1ccc2c(c1)CN(C1CC1)C2=O. The van der Waals surface area contributed by atoms with Crippen LogP contribution in [0.2, 0.25) is 0 Å². The van der Waals surface area contributed by atoms with Gasteiger partial charge in [0.05, 0.1) is 0 Å². The van der Waals surface area contributed by atoms with E-state index in [0.29, 0.717) is 12.6 Å². The molecule has 5 heteroatoms. The van der Waals surface area contributed by atoms with Crippen molar-refractivity contribution in [3.63, 3.8) is 0 Å². The molecule has 0 spiro atoms. The number of nitrogens with zero attached hydrogens (tertiary/aromatic N) is 1. The van der Waals surface area contributed by atoms with Crippen LogP contribution in [-0.4, -0.2) is 34.6 Å². The molecule has 0 radical (unpaired) electrons. The Morgan fingerprint density at radius 2 is 2.14 bits per heavy atom. The Bertz CT molecular complexity index is 569. The maximum Gasteiger partial charge on any atom is 0.491 e.